The molecule has 0 spiro atoms. The van der Waals surface area contributed by atoms with Gasteiger partial charge in [0.15, 0.2) is 0 Å². The molecule has 1 unspecified atom stereocenters. The van der Waals surface area contributed by atoms with Crippen LogP contribution < -0.4 is 10.0 Å². The number of piperazine rings is 1. The number of alkyl halides is 3. The Labute approximate surface area is 115 Å². The molecule has 1 aliphatic heterocycles. The second-order valence-corrected chi connectivity index (χ2v) is 6.21. The molecule has 0 aromatic rings. The van der Waals surface area contributed by atoms with Gasteiger partial charge in [-0.3, -0.25) is 4.79 Å². The van der Waals surface area contributed by atoms with Crippen LogP contribution in [0.5, 0.6) is 0 Å². The topological polar surface area (TPSA) is 81.8 Å². The van der Waals surface area contributed by atoms with Crippen LogP contribution in [0.15, 0.2) is 0 Å². The lowest BCUT2D eigenvalue weighted by molar-refractivity contribution is -0.133. The third-order valence-electron chi connectivity index (χ3n) is 2.68. The number of nitrogens with one attached hydrogen (secondary N) is 2. The summed E-state index contributed by atoms with van der Waals surface area (Å²) in [5, 5.41) is 2.84. The number of likely N-dealkylation sites (N-methyl/N-ethyl adjacent to an activating group) is 1. The fraction of sp³-hybridized carbons (Fsp3) is 0.889. The van der Waals surface area contributed by atoms with Gasteiger partial charge in [-0.2, -0.15) is 30.6 Å². The maximum absolute atomic E-state index is 12.1. The molecular formula is C9H17F3N4O3S. The molecule has 0 aromatic carbocycles. The SMILES string of the molecule is CN(C)C(=O)C1CNCCN1S(=O)(=O)NCC(F)(F)F. The van der Waals surface area contributed by atoms with Gasteiger partial charge in [-0.1, -0.05) is 0 Å². The number of carbonyl (C=O) groups excluding carboxylic acids is 1. The number of carbonyl (C=O) groups is 1. The number of amides is 1. The number of nitrogens with zero attached hydrogens (tertiary/aromatic N) is 2. The first-order chi connectivity index (χ1) is 9.04. The molecular weight excluding hydrogens is 301 g/mol. The maximum atomic E-state index is 12.1. The van der Waals surface area contributed by atoms with Gasteiger partial charge >= 0.3 is 6.18 Å². The monoisotopic (exact) mass is 318 g/mol. The molecule has 0 saturated carbocycles. The average Bonchev–Trinajstić information content (AvgIpc) is 2.35. The Morgan fingerprint density at radius 3 is 2.55 bits per heavy atom. The molecule has 1 rings (SSSR count). The molecule has 0 radical (unpaired) electrons. The van der Waals surface area contributed by atoms with Crippen molar-refractivity contribution >= 4 is 16.1 Å². The molecule has 1 heterocycles. The van der Waals surface area contributed by atoms with Crippen LogP contribution in [0.2, 0.25) is 0 Å². The van der Waals surface area contributed by atoms with Gasteiger partial charge < -0.3 is 10.2 Å². The molecule has 1 saturated heterocycles. The summed E-state index contributed by atoms with van der Waals surface area (Å²) in [6.45, 7) is -1.41. The van der Waals surface area contributed by atoms with E-state index in [-0.39, 0.29) is 19.6 Å². The molecule has 7 nitrogen and oxygen atoms in total. The highest BCUT2D eigenvalue weighted by Crippen LogP contribution is 2.15. The van der Waals surface area contributed by atoms with Crippen molar-refractivity contribution in [1.82, 2.24) is 19.2 Å². The van der Waals surface area contributed by atoms with Crippen molar-refractivity contribution in [3.05, 3.63) is 0 Å². The van der Waals surface area contributed by atoms with Crippen molar-refractivity contribution in [1.29, 1.82) is 0 Å². The van der Waals surface area contributed by atoms with Gasteiger partial charge in [-0.25, -0.2) is 0 Å². The molecule has 0 aromatic heterocycles. The van der Waals surface area contributed by atoms with Crippen LogP contribution >= 0.6 is 0 Å². The minimum absolute atomic E-state index is 0.0595. The van der Waals surface area contributed by atoms with Crippen LogP contribution in [0.25, 0.3) is 0 Å². The summed E-state index contributed by atoms with van der Waals surface area (Å²) in [7, 11) is -1.47. The van der Waals surface area contributed by atoms with Gasteiger partial charge in [-0.05, 0) is 0 Å². The largest absolute Gasteiger partial charge is 0.402 e. The Balaban J connectivity index is 2.86. The van der Waals surface area contributed by atoms with Gasteiger partial charge in [0, 0.05) is 33.7 Å². The van der Waals surface area contributed by atoms with E-state index in [9.17, 15) is 26.4 Å². The van der Waals surface area contributed by atoms with Crippen LogP contribution in [0, 0.1) is 0 Å². The molecule has 20 heavy (non-hydrogen) atoms. The summed E-state index contributed by atoms with van der Waals surface area (Å²) in [5.41, 5.74) is 0. The highest BCUT2D eigenvalue weighted by atomic mass is 32.2. The first kappa shape index (κ1) is 17.1. The predicted octanol–water partition coefficient (Wildman–Crippen LogP) is -1.25. The van der Waals surface area contributed by atoms with Gasteiger partial charge in [0.1, 0.15) is 12.6 Å². The molecule has 0 aliphatic carbocycles. The molecule has 11 heteroatoms. The Kier molecular flexibility index (Phi) is 5.35. The molecule has 1 aliphatic rings. The summed E-state index contributed by atoms with van der Waals surface area (Å²) in [5.74, 6) is -0.491. The lowest BCUT2D eigenvalue weighted by Gasteiger charge is -2.35. The van der Waals surface area contributed by atoms with E-state index in [1.807, 2.05) is 0 Å². The van der Waals surface area contributed by atoms with Crippen LogP contribution in [0.4, 0.5) is 13.2 Å². The van der Waals surface area contributed by atoms with Crippen molar-refractivity contribution in [2.75, 3.05) is 40.3 Å². The number of rotatable bonds is 4. The molecule has 1 atom stereocenters. The van der Waals surface area contributed by atoms with Crippen LogP contribution in [0.1, 0.15) is 0 Å². The molecule has 1 fully saturated rings. The number of hydrogen-bond acceptors (Lipinski definition) is 4. The van der Waals surface area contributed by atoms with E-state index >= 15 is 0 Å². The standard InChI is InChI=1S/C9H17F3N4O3S/c1-15(2)8(17)7-5-13-3-4-16(7)20(18,19)14-6-9(10,11)12/h7,13-14H,3-6H2,1-2H3. The fourth-order valence-corrected chi connectivity index (χ4v) is 3.08. The Morgan fingerprint density at radius 2 is 2.05 bits per heavy atom. The maximum Gasteiger partial charge on any atom is 0.402 e. The first-order valence-corrected chi connectivity index (χ1v) is 7.23. The van der Waals surface area contributed by atoms with Gasteiger partial charge in [-0.15, -0.1) is 0 Å². The minimum Gasteiger partial charge on any atom is -0.347 e. The van der Waals surface area contributed by atoms with E-state index in [0.717, 1.165) is 4.31 Å². The molecule has 118 valence electrons. The quantitative estimate of drug-likeness (QED) is 0.678. The van der Waals surface area contributed by atoms with E-state index in [4.69, 9.17) is 0 Å². The van der Waals surface area contributed by atoms with Crippen molar-refractivity contribution in [3.63, 3.8) is 0 Å². The summed E-state index contributed by atoms with van der Waals surface area (Å²) >= 11 is 0. The predicted molar refractivity (Wildman–Crippen MR) is 65.0 cm³/mol. The van der Waals surface area contributed by atoms with Crippen LogP contribution in [-0.4, -0.2) is 76.0 Å². The Morgan fingerprint density at radius 1 is 1.45 bits per heavy atom. The third-order valence-corrected chi connectivity index (χ3v) is 4.25. The Bertz CT molecular complexity index is 452. The Hall–Kier alpha value is -0.910. The van der Waals surface area contributed by atoms with Crippen molar-refractivity contribution in [2.45, 2.75) is 12.2 Å². The van der Waals surface area contributed by atoms with E-state index < -0.39 is 34.9 Å². The number of halogens is 3. The zero-order valence-electron chi connectivity index (χ0n) is 11.1. The van der Waals surface area contributed by atoms with Gasteiger partial charge in [0.25, 0.3) is 10.2 Å². The van der Waals surface area contributed by atoms with Crippen molar-refractivity contribution in [3.8, 4) is 0 Å². The zero-order chi connectivity index (χ0) is 15.6. The zero-order valence-corrected chi connectivity index (χ0v) is 11.9. The third kappa shape index (κ3) is 4.58. The number of hydrogen-bond donors (Lipinski definition) is 2. The summed E-state index contributed by atoms with van der Waals surface area (Å²) in [4.78, 5) is 13.1. The first-order valence-electron chi connectivity index (χ1n) is 5.79. The van der Waals surface area contributed by atoms with Crippen LogP contribution in [-0.2, 0) is 15.0 Å². The second kappa shape index (κ2) is 6.24. The van der Waals surface area contributed by atoms with E-state index in [0.29, 0.717) is 0 Å². The average molecular weight is 318 g/mol. The van der Waals surface area contributed by atoms with Gasteiger partial charge in [0.2, 0.25) is 5.91 Å². The minimum atomic E-state index is -4.65. The van der Waals surface area contributed by atoms with E-state index in [1.54, 1.807) is 0 Å². The second-order valence-electron chi connectivity index (χ2n) is 4.50. The molecule has 2 N–H and O–H groups in total. The highest BCUT2D eigenvalue weighted by molar-refractivity contribution is 7.87. The summed E-state index contributed by atoms with van der Waals surface area (Å²) < 4.78 is 62.3. The van der Waals surface area contributed by atoms with Crippen LogP contribution in [0.3, 0.4) is 0 Å². The normalized spacial score (nSPS) is 21.8. The van der Waals surface area contributed by atoms with E-state index in [2.05, 4.69) is 5.32 Å². The van der Waals surface area contributed by atoms with Crippen molar-refractivity contribution in [2.24, 2.45) is 0 Å². The molecule has 1 amide bonds. The van der Waals surface area contributed by atoms with Gasteiger partial charge in [0.05, 0.1) is 0 Å². The lowest BCUT2D eigenvalue weighted by atomic mass is 10.2. The van der Waals surface area contributed by atoms with Crippen molar-refractivity contribution < 1.29 is 26.4 Å². The summed E-state index contributed by atoms with van der Waals surface area (Å²) in [6.07, 6.45) is -4.65. The highest BCUT2D eigenvalue weighted by Gasteiger charge is 2.39. The fourth-order valence-electron chi connectivity index (χ4n) is 1.74. The van der Waals surface area contributed by atoms with E-state index in [1.165, 1.54) is 23.7 Å². The summed E-state index contributed by atoms with van der Waals surface area (Å²) in [6, 6.07) is -1.05. The smallest absolute Gasteiger partial charge is 0.347 e. The lowest BCUT2D eigenvalue weighted by Crippen LogP contribution is -2.61. The molecule has 0 bridgehead atoms.